The summed E-state index contributed by atoms with van der Waals surface area (Å²) in [5.74, 6) is 2.54. The fraction of sp³-hybridized carbons (Fsp3) is 0.500. The quantitative estimate of drug-likeness (QED) is 0.562. The van der Waals surface area contributed by atoms with Crippen LogP contribution in [0.25, 0.3) is 11.0 Å². The number of benzene rings is 1. The summed E-state index contributed by atoms with van der Waals surface area (Å²) in [5.41, 5.74) is 3.09. The fourth-order valence-corrected chi connectivity index (χ4v) is 5.14. The highest BCUT2D eigenvalue weighted by atomic mass is 16.5. The molecule has 2 heterocycles. The molecule has 1 saturated carbocycles. The van der Waals surface area contributed by atoms with Gasteiger partial charge in [-0.2, -0.15) is 4.98 Å². The van der Waals surface area contributed by atoms with Crippen LogP contribution in [-0.4, -0.2) is 49.2 Å². The molecule has 1 fully saturated rings. The molecule has 2 N–H and O–H groups in total. The lowest BCUT2D eigenvalue weighted by atomic mass is 9.91. The molecule has 0 unspecified atom stereocenters. The molecule has 0 saturated heterocycles. The molecule has 0 bridgehead atoms. The number of anilines is 2. The lowest BCUT2D eigenvalue weighted by Gasteiger charge is -2.30. The number of hydrogen-bond acceptors (Lipinski definition) is 7. The Morgan fingerprint density at radius 1 is 1.09 bits per heavy atom. The molecule has 2 aliphatic carbocycles. The minimum absolute atomic E-state index is 0.127. The maximum absolute atomic E-state index is 12.8. The smallest absolute Gasteiger partial charge is 0.287 e. The van der Waals surface area contributed by atoms with Crippen LogP contribution in [0.2, 0.25) is 0 Å². The summed E-state index contributed by atoms with van der Waals surface area (Å²) >= 11 is 0. The molecule has 0 aliphatic heterocycles. The van der Waals surface area contributed by atoms with Crippen molar-refractivity contribution in [1.82, 2.24) is 15.3 Å². The van der Waals surface area contributed by atoms with Gasteiger partial charge in [-0.15, -0.1) is 0 Å². The van der Waals surface area contributed by atoms with Gasteiger partial charge < -0.3 is 24.7 Å². The highest BCUT2D eigenvalue weighted by Gasteiger charge is 2.26. The van der Waals surface area contributed by atoms with Gasteiger partial charge in [0.25, 0.3) is 5.91 Å². The monoisotopic (exact) mass is 463 g/mol. The molecule has 8 heteroatoms. The zero-order valence-electron chi connectivity index (χ0n) is 20.2. The number of ether oxygens (including phenoxy) is 1. The predicted molar refractivity (Wildman–Crippen MR) is 133 cm³/mol. The highest BCUT2D eigenvalue weighted by Crippen LogP contribution is 2.30. The minimum atomic E-state index is -0.177. The SMILES string of the molecule is COc1cccc2cc(C(=O)N[C@H]3CC[C@@H](Nc4nc5c(c(N(C)C)n4)CCCC5)CC3)oc12. The largest absolute Gasteiger partial charge is 0.493 e. The van der Waals surface area contributed by atoms with E-state index in [4.69, 9.17) is 19.1 Å². The molecule has 0 spiro atoms. The molecule has 1 amide bonds. The zero-order valence-corrected chi connectivity index (χ0v) is 20.2. The number of rotatable bonds is 6. The lowest BCUT2D eigenvalue weighted by Crippen LogP contribution is -2.40. The van der Waals surface area contributed by atoms with Crippen molar-refractivity contribution in [2.24, 2.45) is 0 Å². The maximum Gasteiger partial charge on any atom is 0.287 e. The number of aromatic nitrogens is 2. The average molecular weight is 464 g/mol. The fourth-order valence-electron chi connectivity index (χ4n) is 5.14. The molecule has 2 aromatic heterocycles. The standard InChI is InChI=1S/C26H33N5O3/c1-31(2)24-19-8-4-5-9-20(19)29-26(30-24)28-18-13-11-17(12-14-18)27-25(32)22-15-16-7-6-10-21(33-3)23(16)34-22/h6-7,10,15,17-18H,4-5,8-9,11-14H2,1-3H3,(H,27,32)(H,28,29,30)/t17-,18+. The topological polar surface area (TPSA) is 92.5 Å². The average Bonchev–Trinajstić information content (AvgIpc) is 3.29. The van der Waals surface area contributed by atoms with Crippen LogP contribution >= 0.6 is 0 Å². The Morgan fingerprint density at radius 3 is 2.62 bits per heavy atom. The minimum Gasteiger partial charge on any atom is -0.493 e. The summed E-state index contributed by atoms with van der Waals surface area (Å²) < 4.78 is 11.1. The normalized spacial score (nSPS) is 20.0. The van der Waals surface area contributed by atoms with Crippen molar-refractivity contribution in [3.63, 3.8) is 0 Å². The van der Waals surface area contributed by atoms with Crippen LogP contribution in [0.5, 0.6) is 5.75 Å². The Labute approximate surface area is 200 Å². The van der Waals surface area contributed by atoms with Crippen molar-refractivity contribution in [2.45, 2.75) is 63.5 Å². The number of furan rings is 1. The lowest BCUT2D eigenvalue weighted by molar-refractivity contribution is 0.0900. The molecule has 34 heavy (non-hydrogen) atoms. The number of aryl methyl sites for hydroxylation is 1. The number of fused-ring (bicyclic) bond motifs is 2. The van der Waals surface area contributed by atoms with Gasteiger partial charge in [-0.05, 0) is 63.5 Å². The Bertz CT molecular complexity index is 1180. The molecule has 1 aromatic carbocycles. The molecule has 5 rings (SSSR count). The molecular formula is C26H33N5O3. The van der Waals surface area contributed by atoms with Crippen molar-refractivity contribution in [2.75, 3.05) is 31.4 Å². The number of amides is 1. The summed E-state index contributed by atoms with van der Waals surface area (Å²) in [7, 11) is 5.69. The second-order valence-corrected chi connectivity index (χ2v) is 9.55. The van der Waals surface area contributed by atoms with Crippen LogP contribution in [0.15, 0.2) is 28.7 Å². The maximum atomic E-state index is 12.8. The second kappa shape index (κ2) is 9.52. The third kappa shape index (κ3) is 4.54. The van der Waals surface area contributed by atoms with Gasteiger partial charge in [-0.25, -0.2) is 4.98 Å². The molecule has 180 valence electrons. The first kappa shape index (κ1) is 22.5. The molecular weight excluding hydrogens is 430 g/mol. The first-order chi connectivity index (χ1) is 16.5. The van der Waals surface area contributed by atoms with Crippen LogP contribution < -0.4 is 20.3 Å². The number of para-hydroxylation sites is 1. The summed E-state index contributed by atoms with van der Waals surface area (Å²) in [5, 5.41) is 7.57. The van der Waals surface area contributed by atoms with Crippen molar-refractivity contribution < 1.29 is 13.9 Å². The first-order valence-corrected chi connectivity index (χ1v) is 12.2. The van der Waals surface area contributed by atoms with E-state index in [9.17, 15) is 4.79 Å². The van der Waals surface area contributed by atoms with E-state index in [-0.39, 0.29) is 11.9 Å². The number of hydrogen-bond donors (Lipinski definition) is 2. The van der Waals surface area contributed by atoms with Gasteiger partial charge in [0.05, 0.1) is 12.8 Å². The van der Waals surface area contributed by atoms with E-state index in [1.54, 1.807) is 13.2 Å². The third-order valence-corrected chi connectivity index (χ3v) is 6.93. The van der Waals surface area contributed by atoms with E-state index < -0.39 is 0 Å². The predicted octanol–water partition coefficient (Wildman–Crippen LogP) is 4.33. The highest BCUT2D eigenvalue weighted by molar-refractivity contribution is 5.97. The van der Waals surface area contributed by atoms with Crippen LogP contribution in [0.3, 0.4) is 0 Å². The van der Waals surface area contributed by atoms with Crippen molar-refractivity contribution in [1.29, 1.82) is 0 Å². The van der Waals surface area contributed by atoms with E-state index in [1.807, 2.05) is 32.3 Å². The van der Waals surface area contributed by atoms with E-state index >= 15 is 0 Å². The summed E-state index contributed by atoms with van der Waals surface area (Å²) in [6, 6.07) is 7.84. The van der Waals surface area contributed by atoms with Crippen molar-refractivity contribution in [3.05, 3.63) is 41.3 Å². The van der Waals surface area contributed by atoms with Gasteiger partial charge in [0, 0.05) is 37.1 Å². The number of carbonyl (C=O) groups excluding carboxylic acids is 1. The molecule has 0 atom stereocenters. The van der Waals surface area contributed by atoms with Gasteiger partial charge in [-0.1, -0.05) is 12.1 Å². The van der Waals surface area contributed by atoms with Gasteiger partial charge in [-0.3, -0.25) is 4.79 Å². The van der Waals surface area contributed by atoms with E-state index in [0.717, 1.165) is 55.7 Å². The Kier molecular flexibility index (Phi) is 6.30. The summed E-state index contributed by atoms with van der Waals surface area (Å²) in [4.78, 5) is 24.6. The van der Waals surface area contributed by atoms with E-state index in [0.29, 0.717) is 23.1 Å². The zero-order chi connectivity index (χ0) is 23.7. The Balaban J connectivity index is 1.19. The van der Waals surface area contributed by atoms with Crippen LogP contribution in [0.1, 0.15) is 60.3 Å². The van der Waals surface area contributed by atoms with Gasteiger partial charge in [0.15, 0.2) is 17.1 Å². The Hall–Kier alpha value is -3.29. The van der Waals surface area contributed by atoms with Crippen molar-refractivity contribution >= 4 is 28.6 Å². The number of carbonyl (C=O) groups is 1. The van der Waals surface area contributed by atoms with Crippen LogP contribution in [-0.2, 0) is 12.8 Å². The Morgan fingerprint density at radius 2 is 1.85 bits per heavy atom. The third-order valence-electron chi connectivity index (χ3n) is 6.93. The van der Waals surface area contributed by atoms with Crippen LogP contribution in [0, 0.1) is 0 Å². The second-order valence-electron chi connectivity index (χ2n) is 9.55. The summed E-state index contributed by atoms with van der Waals surface area (Å²) in [6.45, 7) is 0. The molecule has 3 aromatic rings. The number of nitrogens with one attached hydrogen (secondary N) is 2. The van der Waals surface area contributed by atoms with E-state index in [1.165, 1.54) is 24.1 Å². The molecule has 8 nitrogen and oxygen atoms in total. The number of nitrogens with zero attached hydrogens (tertiary/aromatic N) is 3. The summed E-state index contributed by atoms with van der Waals surface area (Å²) in [6.07, 6.45) is 8.20. The molecule has 2 aliphatic rings. The van der Waals surface area contributed by atoms with Crippen LogP contribution in [0.4, 0.5) is 11.8 Å². The van der Waals surface area contributed by atoms with Gasteiger partial charge >= 0.3 is 0 Å². The molecule has 0 radical (unpaired) electrons. The van der Waals surface area contributed by atoms with E-state index in [2.05, 4.69) is 15.5 Å². The van der Waals surface area contributed by atoms with Crippen molar-refractivity contribution in [3.8, 4) is 5.75 Å². The van der Waals surface area contributed by atoms with Gasteiger partial charge in [0.2, 0.25) is 5.95 Å². The van der Waals surface area contributed by atoms with Gasteiger partial charge in [0.1, 0.15) is 5.82 Å². The number of methoxy groups -OCH3 is 1. The first-order valence-electron chi connectivity index (χ1n) is 12.2.